The van der Waals surface area contributed by atoms with E-state index in [-0.39, 0.29) is 0 Å². The molecule has 5 nitrogen and oxygen atoms in total. The Kier molecular flexibility index (Phi) is 6.32. The van der Waals surface area contributed by atoms with Gasteiger partial charge in [0.2, 0.25) is 6.41 Å². The molecule has 0 spiro atoms. The second kappa shape index (κ2) is 8.68. The van der Waals surface area contributed by atoms with E-state index in [0.29, 0.717) is 24.6 Å². The quantitative estimate of drug-likeness (QED) is 0.802. The maximum Gasteiger partial charge on any atom is 0.209 e. The minimum atomic E-state index is 0.375. The van der Waals surface area contributed by atoms with Crippen LogP contribution in [-0.2, 0) is 4.79 Å². The lowest BCUT2D eigenvalue weighted by Gasteiger charge is -2.43. The largest absolute Gasteiger partial charge is 0.492 e. The number of hydrogen-bond acceptors (Lipinski definition) is 4. The van der Waals surface area contributed by atoms with Crippen LogP contribution in [0.1, 0.15) is 38.2 Å². The van der Waals surface area contributed by atoms with Crippen molar-refractivity contribution in [1.82, 2.24) is 15.1 Å². The number of piperazine rings is 1. The average Bonchev–Trinajstić information content (AvgIpc) is 2.65. The summed E-state index contributed by atoms with van der Waals surface area (Å²) in [6.07, 6.45) is 3.41. The molecule has 5 heteroatoms. The molecule has 2 saturated heterocycles. The lowest BCUT2D eigenvalue weighted by molar-refractivity contribution is -0.122. The van der Waals surface area contributed by atoms with Crippen LogP contribution in [0.25, 0.3) is 0 Å². The van der Waals surface area contributed by atoms with Crippen molar-refractivity contribution in [2.24, 2.45) is 0 Å². The summed E-state index contributed by atoms with van der Waals surface area (Å²) in [6.45, 7) is 9.79. The third-order valence-electron chi connectivity index (χ3n) is 5.59. The monoisotopic (exact) mass is 345 g/mol. The fourth-order valence-corrected chi connectivity index (χ4v) is 4.18. The van der Waals surface area contributed by atoms with Gasteiger partial charge in [-0.05, 0) is 63.4 Å². The van der Waals surface area contributed by atoms with Crippen molar-refractivity contribution in [1.29, 1.82) is 0 Å². The number of benzene rings is 1. The zero-order chi connectivity index (χ0) is 17.6. The molecule has 2 fully saturated rings. The first-order valence-corrected chi connectivity index (χ1v) is 9.56. The van der Waals surface area contributed by atoms with Gasteiger partial charge in [-0.2, -0.15) is 0 Å². The topological polar surface area (TPSA) is 44.8 Å². The summed E-state index contributed by atoms with van der Waals surface area (Å²) in [7, 11) is 0. The van der Waals surface area contributed by atoms with Crippen molar-refractivity contribution in [3.8, 4) is 5.75 Å². The maximum absolute atomic E-state index is 11.0. The molecule has 2 aliphatic heterocycles. The Balaban J connectivity index is 1.46. The Morgan fingerprint density at radius 1 is 1.12 bits per heavy atom. The van der Waals surface area contributed by atoms with Gasteiger partial charge in [0.25, 0.3) is 0 Å². The molecule has 1 aromatic carbocycles. The molecule has 1 amide bonds. The molecule has 1 N–H and O–H groups in total. The summed E-state index contributed by atoms with van der Waals surface area (Å²) in [5, 5.41) is 3.42. The van der Waals surface area contributed by atoms with E-state index in [0.717, 1.165) is 44.9 Å². The third kappa shape index (κ3) is 4.73. The van der Waals surface area contributed by atoms with E-state index in [1.807, 2.05) is 4.90 Å². The first-order chi connectivity index (χ1) is 12.2. The molecule has 0 aromatic heterocycles. The molecule has 2 atom stereocenters. The summed E-state index contributed by atoms with van der Waals surface area (Å²) in [5.41, 5.74) is 1.43. The minimum absolute atomic E-state index is 0.375. The molecule has 25 heavy (non-hydrogen) atoms. The van der Waals surface area contributed by atoms with Crippen LogP contribution in [0.4, 0.5) is 0 Å². The average molecular weight is 345 g/mol. The maximum atomic E-state index is 11.0. The molecule has 2 aliphatic rings. The lowest BCUT2D eigenvalue weighted by Crippen LogP contribution is -2.57. The molecule has 0 bridgehead atoms. The van der Waals surface area contributed by atoms with Crippen molar-refractivity contribution < 1.29 is 9.53 Å². The van der Waals surface area contributed by atoms with E-state index in [2.05, 4.69) is 48.3 Å². The standard InChI is InChI=1S/C20H31N3O2/c1-16-13-22(15-24)14-17(2)23(16)11-12-25-20-5-3-18(4-6-20)19-7-9-21-10-8-19/h3-6,15-17,19,21H,7-14H2,1-2H3. The number of rotatable bonds is 6. The van der Waals surface area contributed by atoms with E-state index < -0.39 is 0 Å². The lowest BCUT2D eigenvalue weighted by atomic mass is 9.90. The van der Waals surface area contributed by atoms with Gasteiger partial charge in [0.05, 0.1) is 0 Å². The molecule has 0 aliphatic carbocycles. The van der Waals surface area contributed by atoms with E-state index in [4.69, 9.17) is 4.74 Å². The van der Waals surface area contributed by atoms with Gasteiger partial charge in [-0.1, -0.05) is 12.1 Å². The number of carbonyl (C=O) groups excluding carboxylic acids is 1. The zero-order valence-corrected chi connectivity index (χ0v) is 15.5. The van der Waals surface area contributed by atoms with Crippen LogP contribution in [0.5, 0.6) is 5.75 Å². The summed E-state index contributed by atoms with van der Waals surface area (Å²) < 4.78 is 5.96. The fraction of sp³-hybridized carbons (Fsp3) is 0.650. The third-order valence-corrected chi connectivity index (χ3v) is 5.59. The molecule has 3 rings (SSSR count). The molecule has 138 valence electrons. The van der Waals surface area contributed by atoms with Crippen LogP contribution in [0, 0.1) is 0 Å². The van der Waals surface area contributed by atoms with Gasteiger partial charge in [0.1, 0.15) is 12.4 Å². The highest BCUT2D eigenvalue weighted by molar-refractivity contribution is 5.47. The van der Waals surface area contributed by atoms with Gasteiger partial charge in [0.15, 0.2) is 0 Å². The van der Waals surface area contributed by atoms with Crippen LogP contribution in [0.15, 0.2) is 24.3 Å². The number of nitrogens with one attached hydrogen (secondary N) is 1. The molecular weight excluding hydrogens is 314 g/mol. The Hall–Kier alpha value is -1.59. The first kappa shape index (κ1) is 18.2. The van der Waals surface area contributed by atoms with Crippen molar-refractivity contribution in [2.45, 2.75) is 44.7 Å². The van der Waals surface area contributed by atoms with Gasteiger partial charge >= 0.3 is 0 Å². The molecule has 0 radical (unpaired) electrons. The van der Waals surface area contributed by atoms with Crippen LogP contribution in [0.2, 0.25) is 0 Å². The van der Waals surface area contributed by atoms with Crippen molar-refractivity contribution in [2.75, 3.05) is 39.3 Å². The van der Waals surface area contributed by atoms with Gasteiger partial charge in [0, 0.05) is 31.7 Å². The Morgan fingerprint density at radius 3 is 2.36 bits per heavy atom. The first-order valence-electron chi connectivity index (χ1n) is 9.56. The molecule has 2 heterocycles. The van der Waals surface area contributed by atoms with Crippen molar-refractivity contribution >= 4 is 6.41 Å². The minimum Gasteiger partial charge on any atom is -0.492 e. The van der Waals surface area contributed by atoms with Crippen LogP contribution >= 0.6 is 0 Å². The SMILES string of the molecule is CC1CN(C=O)CC(C)N1CCOc1ccc(C2CCNCC2)cc1. The second-order valence-corrected chi connectivity index (χ2v) is 7.44. The Bertz CT molecular complexity index is 530. The van der Waals surface area contributed by atoms with Crippen molar-refractivity contribution in [3.05, 3.63) is 29.8 Å². The van der Waals surface area contributed by atoms with Gasteiger partial charge in [-0.25, -0.2) is 0 Å². The van der Waals surface area contributed by atoms with E-state index in [1.165, 1.54) is 18.4 Å². The smallest absolute Gasteiger partial charge is 0.209 e. The van der Waals surface area contributed by atoms with Gasteiger partial charge < -0.3 is 15.0 Å². The molecular formula is C20H31N3O2. The second-order valence-electron chi connectivity index (χ2n) is 7.44. The highest BCUT2D eigenvalue weighted by atomic mass is 16.5. The summed E-state index contributed by atoms with van der Waals surface area (Å²) >= 11 is 0. The van der Waals surface area contributed by atoms with Crippen LogP contribution < -0.4 is 10.1 Å². The van der Waals surface area contributed by atoms with E-state index in [9.17, 15) is 4.79 Å². The molecule has 1 aromatic rings. The number of piperidine rings is 1. The van der Waals surface area contributed by atoms with Crippen LogP contribution in [-0.4, -0.2) is 67.6 Å². The summed E-state index contributed by atoms with van der Waals surface area (Å²) in [6, 6.07) is 9.40. The number of carbonyl (C=O) groups is 1. The van der Waals surface area contributed by atoms with Gasteiger partial charge in [-0.3, -0.25) is 9.69 Å². The molecule has 2 unspecified atom stereocenters. The fourth-order valence-electron chi connectivity index (χ4n) is 4.18. The Labute approximate surface area is 151 Å². The molecule has 0 saturated carbocycles. The van der Waals surface area contributed by atoms with Crippen molar-refractivity contribution in [3.63, 3.8) is 0 Å². The summed E-state index contributed by atoms with van der Waals surface area (Å²) in [4.78, 5) is 15.3. The number of amides is 1. The van der Waals surface area contributed by atoms with Gasteiger partial charge in [-0.15, -0.1) is 0 Å². The zero-order valence-electron chi connectivity index (χ0n) is 15.5. The van der Waals surface area contributed by atoms with E-state index >= 15 is 0 Å². The highest BCUT2D eigenvalue weighted by Gasteiger charge is 2.28. The number of ether oxygens (including phenoxy) is 1. The predicted molar refractivity (Wildman–Crippen MR) is 100 cm³/mol. The summed E-state index contributed by atoms with van der Waals surface area (Å²) in [5.74, 6) is 1.63. The normalized spacial score (nSPS) is 25.8. The number of hydrogen-bond donors (Lipinski definition) is 1. The predicted octanol–water partition coefficient (Wildman–Crippen LogP) is 2.08. The number of nitrogens with zero attached hydrogens (tertiary/aromatic N) is 2. The van der Waals surface area contributed by atoms with E-state index in [1.54, 1.807) is 0 Å². The Morgan fingerprint density at radius 2 is 1.76 bits per heavy atom. The van der Waals surface area contributed by atoms with Crippen LogP contribution in [0.3, 0.4) is 0 Å². The highest BCUT2D eigenvalue weighted by Crippen LogP contribution is 2.26.